The summed E-state index contributed by atoms with van der Waals surface area (Å²) in [6, 6.07) is 23.0. The Morgan fingerprint density at radius 1 is 0.731 bits per heavy atom. The van der Waals surface area contributed by atoms with Crippen molar-refractivity contribution < 1.29 is 4.79 Å². The van der Waals surface area contributed by atoms with Crippen molar-refractivity contribution in [2.75, 3.05) is 0 Å². The predicted molar refractivity (Wildman–Crippen MR) is 115 cm³/mol. The minimum Gasteiger partial charge on any atom is -0.289 e. The highest BCUT2D eigenvalue weighted by Gasteiger charge is 2.01. The van der Waals surface area contributed by atoms with Gasteiger partial charge in [-0.2, -0.15) is 0 Å². The number of ketones is 1. The van der Waals surface area contributed by atoms with Crippen molar-refractivity contribution in [3.8, 4) is 0 Å². The molecule has 4 heteroatoms. The normalized spacial score (nSPS) is 11.3. The summed E-state index contributed by atoms with van der Waals surface area (Å²) in [7, 11) is 0. The van der Waals surface area contributed by atoms with Gasteiger partial charge in [-0.3, -0.25) is 9.79 Å². The Kier molecular flexibility index (Phi) is 6.31. The zero-order valence-corrected chi connectivity index (χ0v) is 16.9. The number of nitrogens with zero attached hydrogens (tertiary/aromatic N) is 1. The molecule has 0 saturated heterocycles. The summed E-state index contributed by atoms with van der Waals surface area (Å²) in [5.41, 5.74) is 3.45. The highest BCUT2D eigenvalue weighted by molar-refractivity contribution is 9.10. The van der Waals surface area contributed by atoms with Crippen LogP contribution in [0.1, 0.15) is 21.5 Å². The largest absolute Gasteiger partial charge is 0.289 e. The lowest BCUT2D eigenvalue weighted by Crippen LogP contribution is -1.93. The molecule has 0 saturated carbocycles. The molecule has 128 valence electrons. The molecule has 0 atom stereocenters. The molecule has 0 aliphatic heterocycles. The van der Waals surface area contributed by atoms with Gasteiger partial charge in [-0.05, 0) is 65.7 Å². The third kappa shape index (κ3) is 5.35. The lowest BCUT2D eigenvalue weighted by Gasteiger charge is -1.99. The summed E-state index contributed by atoms with van der Waals surface area (Å²) in [4.78, 5) is 16.7. The quantitative estimate of drug-likeness (QED) is 0.228. The number of halogens is 2. The average Bonchev–Trinajstić information content (AvgIpc) is 2.67. The van der Waals surface area contributed by atoms with Crippen LogP contribution in [0.4, 0.5) is 5.69 Å². The maximum Gasteiger partial charge on any atom is 0.185 e. The maximum absolute atomic E-state index is 12.3. The van der Waals surface area contributed by atoms with Gasteiger partial charge in [0, 0.05) is 20.7 Å². The number of carbonyl (C=O) groups excluding carboxylic acids is 1. The van der Waals surface area contributed by atoms with Crippen LogP contribution in [0.25, 0.3) is 6.08 Å². The van der Waals surface area contributed by atoms with Crippen LogP contribution in [-0.2, 0) is 0 Å². The molecule has 26 heavy (non-hydrogen) atoms. The van der Waals surface area contributed by atoms with Gasteiger partial charge >= 0.3 is 0 Å². The highest BCUT2D eigenvalue weighted by atomic mass is 79.9. The molecule has 0 aliphatic rings. The van der Waals surface area contributed by atoms with Crippen LogP contribution in [-0.4, -0.2) is 12.0 Å². The zero-order valence-electron chi connectivity index (χ0n) is 13.8. The minimum absolute atomic E-state index is 0.0312. The molecule has 0 fully saturated rings. The fourth-order valence-electron chi connectivity index (χ4n) is 2.25. The van der Waals surface area contributed by atoms with Crippen LogP contribution in [0.2, 0.25) is 0 Å². The molecular weight excluding hydrogens is 454 g/mol. The Labute approximate surface area is 169 Å². The first-order valence-corrected chi connectivity index (χ1v) is 9.56. The molecule has 0 N–H and O–H groups in total. The third-order valence-corrected chi connectivity index (χ3v) is 4.74. The van der Waals surface area contributed by atoms with E-state index in [9.17, 15) is 4.79 Å². The van der Waals surface area contributed by atoms with E-state index in [1.54, 1.807) is 24.4 Å². The fourth-order valence-corrected chi connectivity index (χ4v) is 2.78. The fraction of sp³-hybridized carbons (Fsp3) is 0. The molecule has 0 radical (unpaired) electrons. The molecule has 0 amide bonds. The summed E-state index contributed by atoms with van der Waals surface area (Å²) in [5, 5.41) is 0. The van der Waals surface area contributed by atoms with Crippen molar-refractivity contribution in [3.05, 3.63) is 105 Å². The van der Waals surface area contributed by atoms with Gasteiger partial charge in [0.05, 0.1) is 5.69 Å². The van der Waals surface area contributed by atoms with E-state index >= 15 is 0 Å². The van der Waals surface area contributed by atoms with Gasteiger partial charge in [0.1, 0.15) is 0 Å². The van der Waals surface area contributed by atoms with Crippen LogP contribution < -0.4 is 0 Å². The third-order valence-electron chi connectivity index (χ3n) is 3.68. The minimum atomic E-state index is -0.0312. The van der Waals surface area contributed by atoms with Crippen LogP contribution >= 0.6 is 31.9 Å². The van der Waals surface area contributed by atoms with Gasteiger partial charge in [-0.15, -0.1) is 0 Å². The molecule has 0 heterocycles. The van der Waals surface area contributed by atoms with Gasteiger partial charge in [0.2, 0.25) is 0 Å². The van der Waals surface area contributed by atoms with Crippen LogP contribution in [0, 0.1) is 0 Å². The number of allylic oxidation sites excluding steroid dienone is 1. The average molecular weight is 469 g/mol. The molecular formula is C22H15Br2NO. The first-order valence-electron chi connectivity index (χ1n) is 7.98. The number of aliphatic imine (C=N–C) groups is 1. The number of carbonyl (C=O) groups is 1. The smallest absolute Gasteiger partial charge is 0.185 e. The second-order valence-corrected chi connectivity index (χ2v) is 7.44. The standard InChI is InChI=1S/C22H15Br2NO/c23-19-8-1-16(2-9-19)5-14-22(26)18-6-12-21(13-7-18)25-15-17-3-10-20(24)11-4-17/h1-15H/b14-5+,25-15?. The van der Waals surface area contributed by atoms with Gasteiger partial charge in [-0.1, -0.05) is 62.2 Å². The molecule has 0 bridgehead atoms. The van der Waals surface area contributed by atoms with Crippen LogP contribution in [0.5, 0.6) is 0 Å². The summed E-state index contributed by atoms with van der Waals surface area (Å²) in [5.74, 6) is -0.0312. The van der Waals surface area contributed by atoms with Crippen molar-refractivity contribution >= 4 is 55.6 Å². The number of hydrogen-bond acceptors (Lipinski definition) is 2. The van der Waals surface area contributed by atoms with E-state index in [1.165, 1.54) is 0 Å². The molecule has 0 aromatic heterocycles. The van der Waals surface area contributed by atoms with E-state index in [4.69, 9.17) is 0 Å². The van der Waals surface area contributed by atoms with Gasteiger partial charge in [-0.25, -0.2) is 0 Å². The molecule has 3 rings (SSSR count). The molecule has 3 aromatic carbocycles. The van der Waals surface area contributed by atoms with E-state index in [-0.39, 0.29) is 5.78 Å². The second-order valence-electron chi connectivity index (χ2n) is 5.61. The summed E-state index contributed by atoms with van der Waals surface area (Å²) in [6.07, 6.45) is 5.20. The van der Waals surface area contributed by atoms with E-state index < -0.39 is 0 Å². The van der Waals surface area contributed by atoms with Crippen molar-refractivity contribution in [3.63, 3.8) is 0 Å². The summed E-state index contributed by atoms with van der Waals surface area (Å²) < 4.78 is 2.05. The first kappa shape index (κ1) is 18.5. The number of rotatable bonds is 5. The second kappa shape index (κ2) is 8.88. The highest BCUT2D eigenvalue weighted by Crippen LogP contribution is 2.16. The lowest BCUT2D eigenvalue weighted by molar-refractivity contribution is 0.104. The van der Waals surface area contributed by atoms with E-state index in [0.717, 1.165) is 25.8 Å². The van der Waals surface area contributed by atoms with Crippen molar-refractivity contribution in [2.24, 2.45) is 4.99 Å². The van der Waals surface area contributed by atoms with E-state index in [1.807, 2.05) is 66.7 Å². The monoisotopic (exact) mass is 467 g/mol. The topological polar surface area (TPSA) is 29.4 Å². The van der Waals surface area contributed by atoms with Crippen molar-refractivity contribution in [2.45, 2.75) is 0 Å². The lowest BCUT2D eigenvalue weighted by atomic mass is 10.1. The predicted octanol–water partition coefficient (Wildman–Crippen LogP) is 6.86. The molecule has 2 nitrogen and oxygen atoms in total. The van der Waals surface area contributed by atoms with Gasteiger partial charge < -0.3 is 0 Å². The number of hydrogen-bond donors (Lipinski definition) is 0. The Bertz CT molecular complexity index is 941. The Hall–Kier alpha value is -2.30. The molecule has 0 aliphatic carbocycles. The van der Waals surface area contributed by atoms with Crippen LogP contribution in [0.3, 0.4) is 0 Å². The van der Waals surface area contributed by atoms with Crippen LogP contribution in [0.15, 0.2) is 92.8 Å². The Morgan fingerprint density at radius 3 is 1.85 bits per heavy atom. The molecule has 0 spiro atoms. The summed E-state index contributed by atoms with van der Waals surface area (Å²) in [6.45, 7) is 0. The van der Waals surface area contributed by atoms with Crippen molar-refractivity contribution in [1.29, 1.82) is 0 Å². The van der Waals surface area contributed by atoms with E-state index in [2.05, 4.69) is 36.9 Å². The zero-order chi connectivity index (χ0) is 18.4. The maximum atomic E-state index is 12.3. The molecule has 3 aromatic rings. The molecule has 0 unspecified atom stereocenters. The van der Waals surface area contributed by atoms with Gasteiger partial charge in [0.25, 0.3) is 0 Å². The number of benzene rings is 3. The Balaban J connectivity index is 1.65. The first-order chi connectivity index (χ1) is 12.6. The Morgan fingerprint density at radius 2 is 1.27 bits per heavy atom. The SMILES string of the molecule is O=C(/C=C/c1ccc(Br)cc1)c1ccc(N=Cc2ccc(Br)cc2)cc1. The van der Waals surface area contributed by atoms with Gasteiger partial charge in [0.15, 0.2) is 5.78 Å². The summed E-state index contributed by atoms with van der Waals surface area (Å²) >= 11 is 6.80. The van der Waals surface area contributed by atoms with E-state index in [0.29, 0.717) is 5.56 Å². The van der Waals surface area contributed by atoms with Crippen molar-refractivity contribution in [1.82, 2.24) is 0 Å².